The molecule has 1 aliphatic rings. The molecule has 3 aromatic rings. The molecule has 1 atom stereocenters. The molecule has 1 saturated carbocycles. The van der Waals surface area contributed by atoms with Gasteiger partial charge >= 0.3 is 5.97 Å². The van der Waals surface area contributed by atoms with Crippen LogP contribution in [0.1, 0.15) is 46.5 Å². The molecule has 1 fully saturated rings. The summed E-state index contributed by atoms with van der Waals surface area (Å²) in [5.41, 5.74) is 2.59. The van der Waals surface area contributed by atoms with Crippen molar-refractivity contribution in [1.82, 2.24) is 9.13 Å². The number of aryl methyl sites for hydroxylation is 1. The minimum atomic E-state index is -0.399. The van der Waals surface area contributed by atoms with Crippen molar-refractivity contribution in [2.45, 2.75) is 24.9 Å². The average molecular weight is 446 g/mol. The molecule has 0 radical (unpaired) electrons. The van der Waals surface area contributed by atoms with Crippen molar-refractivity contribution < 1.29 is 9.53 Å². The zero-order chi connectivity index (χ0) is 21.4. The molecule has 4 rings (SSSR count). The first-order valence-electron chi connectivity index (χ1n) is 9.56. The molecule has 0 bridgehead atoms. The molecule has 2 aromatic heterocycles. The van der Waals surface area contributed by atoms with E-state index in [-0.39, 0.29) is 16.6 Å². The van der Waals surface area contributed by atoms with Crippen molar-refractivity contribution >= 4 is 34.9 Å². The Labute approximate surface area is 184 Å². The predicted octanol–water partition coefficient (Wildman–Crippen LogP) is 4.82. The Balaban J connectivity index is 1.87. The van der Waals surface area contributed by atoms with Crippen LogP contribution >= 0.6 is 23.2 Å². The lowest BCUT2D eigenvalue weighted by molar-refractivity contribution is 0.0599. The molecule has 6 nitrogen and oxygen atoms in total. The summed E-state index contributed by atoms with van der Waals surface area (Å²) in [5, 5.41) is 4.19. The quantitative estimate of drug-likeness (QED) is 0.552. The van der Waals surface area contributed by atoms with E-state index in [1.54, 1.807) is 25.4 Å². The van der Waals surface area contributed by atoms with E-state index in [2.05, 4.69) is 9.88 Å². The van der Waals surface area contributed by atoms with Gasteiger partial charge in [0, 0.05) is 30.5 Å². The second-order valence-corrected chi connectivity index (χ2v) is 8.21. The molecular formula is C22H21Cl2N3O3. The zero-order valence-corrected chi connectivity index (χ0v) is 18.1. The fraction of sp³-hybridized carbons (Fsp3) is 0.273. The lowest BCUT2D eigenvalue weighted by Crippen LogP contribution is -2.22. The summed E-state index contributed by atoms with van der Waals surface area (Å²) in [7, 11) is 3.02. The van der Waals surface area contributed by atoms with E-state index >= 15 is 0 Å². The summed E-state index contributed by atoms with van der Waals surface area (Å²) >= 11 is 12.2. The third-order valence-electron chi connectivity index (χ3n) is 5.23. The van der Waals surface area contributed by atoms with Crippen LogP contribution in [0.25, 0.3) is 0 Å². The van der Waals surface area contributed by atoms with E-state index in [1.165, 1.54) is 11.7 Å². The van der Waals surface area contributed by atoms with Gasteiger partial charge in [0.25, 0.3) is 5.56 Å². The summed E-state index contributed by atoms with van der Waals surface area (Å²) in [6.45, 7) is 0. The lowest BCUT2D eigenvalue weighted by Gasteiger charge is -2.24. The number of nitrogens with one attached hydrogen (secondary N) is 1. The van der Waals surface area contributed by atoms with Crippen molar-refractivity contribution in [3.63, 3.8) is 0 Å². The molecule has 30 heavy (non-hydrogen) atoms. The number of nitrogens with zero attached hydrogens (tertiary/aromatic N) is 2. The highest BCUT2D eigenvalue weighted by atomic mass is 35.5. The highest BCUT2D eigenvalue weighted by Gasteiger charge is 2.32. The number of hydrogen-bond acceptors (Lipinski definition) is 4. The van der Waals surface area contributed by atoms with Crippen molar-refractivity contribution in [3.8, 4) is 0 Å². The van der Waals surface area contributed by atoms with Gasteiger partial charge < -0.3 is 19.2 Å². The number of pyridine rings is 1. The van der Waals surface area contributed by atoms with Crippen LogP contribution in [0.4, 0.5) is 5.69 Å². The van der Waals surface area contributed by atoms with Gasteiger partial charge in [-0.15, -0.1) is 0 Å². The van der Waals surface area contributed by atoms with E-state index < -0.39 is 5.97 Å². The van der Waals surface area contributed by atoms with Crippen LogP contribution in [0, 0.1) is 0 Å². The Morgan fingerprint density at radius 1 is 1.20 bits per heavy atom. The number of carbonyl (C=O) groups excluding carboxylic acids is 1. The Morgan fingerprint density at radius 2 is 1.90 bits per heavy atom. The SMILES string of the molecule is COC(=O)c1ccn(C2CC2)c1C(Nc1cc(Cl)c(=O)n(C)c1)c1ccc(Cl)cc1. The van der Waals surface area contributed by atoms with Crippen molar-refractivity contribution in [1.29, 1.82) is 0 Å². The van der Waals surface area contributed by atoms with Crippen LogP contribution in [-0.2, 0) is 11.8 Å². The molecule has 1 N–H and O–H groups in total. The van der Waals surface area contributed by atoms with Crippen LogP contribution in [0.2, 0.25) is 10.0 Å². The molecule has 8 heteroatoms. The second kappa shape index (κ2) is 8.20. The maximum absolute atomic E-state index is 12.5. The van der Waals surface area contributed by atoms with Crippen LogP contribution in [0.15, 0.2) is 53.6 Å². The first kappa shape index (κ1) is 20.6. The third kappa shape index (κ3) is 3.98. The normalized spacial score (nSPS) is 14.4. The summed E-state index contributed by atoms with van der Waals surface area (Å²) in [4.78, 5) is 24.5. The maximum atomic E-state index is 12.5. The predicted molar refractivity (Wildman–Crippen MR) is 118 cm³/mol. The Hall–Kier alpha value is -2.70. The number of rotatable bonds is 6. The zero-order valence-electron chi connectivity index (χ0n) is 16.6. The molecule has 1 aromatic carbocycles. The number of hydrogen-bond donors (Lipinski definition) is 1. The number of methoxy groups -OCH3 is 1. The Morgan fingerprint density at radius 3 is 2.50 bits per heavy atom. The number of esters is 1. The number of ether oxygens (including phenoxy) is 1. The van der Waals surface area contributed by atoms with Gasteiger partial charge in [-0.05, 0) is 42.7 Å². The van der Waals surface area contributed by atoms with Crippen LogP contribution in [0.5, 0.6) is 0 Å². The average Bonchev–Trinajstić information content (AvgIpc) is 3.49. The summed E-state index contributed by atoms with van der Waals surface area (Å²) < 4.78 is 8.58. The third-order valence-corrected chi connectivity index (χ3v) is 5.75. The van der Waals surface area contributed by atoms with Gasteiger partial charge in [-0.25, -0.2) is 4.79 Å². The minimum Gasteiger partial charge on any atom is -0.465 e. The van der Waals surface area contributed by atoms with Gasteiger partial charge in [0.15, 0.2) is 0 Å². The van der Waals surface area contributed by atoms with Gasteiger partial charge in [-0.3, -0.25) is 4.79 Å². The first-order chi connectivity index (χ1) is 14.4. The molecule has 1 aliphatic carbocycles. The van der Waals surface area contributed by atoms with Gasteiger partial charge in [0.1, 0.15) is 5.02 Å². The number of halogens is 2. The topological polar surface area (TPSA) is 65.3 Å². The molecular weight excluding hydrogens is 425 g/mol. The smallest absolute Gasteiger partial charge is 0.339 e. The number of benzene rings is 1. The Kier molecular flexibility index (Phi) is 5.62. The second-order valence-electron chi connectivity index (χ2n) is 7.37. The molecule has 0 amide bonds. The highest BCUT2D eigenvalue weighted by Crippen LogP contribution is 2.41. The van der Waals surface area contributed by atoms with Crippen LogP contribution in [-0.4, -0.2) is 22.2 Å². The van der Waals surface area contributed by atoms with Crippen molar-refractivity contribution in [2.24, 2.45) is 7.05 Å². The fourth-order valence-electron chi connectivity index (χ4n) is 3.60. The largest absolute Gasteiger partial charge is 0.465 e. The highest BCUT2D eigenvalue weighted by molar-refractivity contribution is 6.30. The van der Waals surface area contributed by atoms with Crippen LogP contribution in [0.3, 0.4) is 0 Å². The molecule has 1 unspecified atom stereocenters. The minimum absolute atomic E-state index is 0.114. The lowest BCUT2D eigenvalue weighted by atomic mass is 10.00. The summed E-state index contributed by atoms with van der Waals surface area (Å²) in [6, 6.07) is 10.8. The van der Waals surface area contributed by atoms with E-state index in [0.29, 0.717) is 22.3 Å². The molecule has 0 aliphatic heterocycles. The standard InChI is InChI=1S/C22H21Cl2N3O3/c1-26-12-15(11-18(24)21(26)28)25-19(13-3-5-14(23)6-4-13)20-17(22(29)30-2)9-10-27(20)16-7-8-16/h3-6,9-12,16,19,25H,7-8H2,1-2H3. The number of aromatic nitrogens is 2. The first-order valence-corrected chi connectivity index (χ1v) is 10.3. The molecule has 156 valence electrons. The van der Waals surface area contributed by atoms with Gasteiger partial charge in [0.05, 0.1) is 30.1 Å². The molecule has 0 saturated heterocycles. The number of anilines is 1. The fourth-order valence-corrected chi connectivity index (χ4v) is 3.98. The van der Waals surface area contributed by atoms with Gasteiger partial charge in [-0.1, -0.05) is 35.3 Å². The molecule has 2 heterocycles. The van der Waals surface area contributed by atoms with E-state index in [0.717, 1.165) is 24.1 Å². The van der Waals surface area contributed by atoms with Gasteiger partial charge in [0.2, 0.25) is 0 Å². The van der Waals surface area contributed by atoms with Gasteiger partial charge in [-0.2, -0.15) is 0 Å². The van der Waals surface area contributed by atoms with E-state index in [1.807, 2.05) is 30.5 Å². The van der Waals surface area contributed by atoms with E-state index in [9.17, 15) is 9.59 Å². The Bertz CT molecular complexity index is 1120. The maximum Gasteiger partial charge on any atom is 0.339 e. The number of carbonyl (C=O) groups is 1. The molecule has 0 spiro atoms. The van der Waals surface area contributed by atoms with Crippen LogP contribution < -0.4 is 10.9 Å². The van der Waals surface area contributed by atoms with E-state index in [4.69, 9.17) is 27.9 Å². The summed E-state index contributed by atoms with van der Waals surface area (Å²) in [6.07, 6.45) is 5.72. The van der Waals surface area contributed by atoms with Crippen molar-refractivity contribution in [3.05, 3.63) is 86.0 Å². The monoisotopic (exact) mass is 445 g/mol. The summed E-state index contributed by atoms with van der Waals surface area (Å²) in [5.74, 6) is -0.399. The van der Waals surface area contributed by atoms with Crippen molar-refractivity contribution in [2.75, 3.05) is 12.4 Å².